The zero-order chi connectivity index (χ0) is 19.7. The van der Waals surface area contributed by atoms with E-state index >= 15 is 0 Å². The van der Waals surface area contributed by atoms with E-state index in [1.165, 1.54) is 0 Å². The summed E-state index contributed by atoms with van der Waals surface area (Å²) in [5.74, 6) is 0.408. The van der Waals surface area contributed by atoms with Crippen LogP contribution in [0.4, 0.5) is 5.69 Å². The average Bonchev–Trinajstić information content (AvgIpc) is 3.28. The van der Waals surface area contributed by atoms with Crippen molar-refractivity contribution in [3.05, 3.63) is 71.5 Å². The zero-order valence-electron chi connectivity index (χ0n) is 15.8. The number of amides is 1. The van der Waals surface area contributed by atoms with Gasteiger partial charge in [-0.3, -0.25) is 4.79 Å². The Morgan fingerprint density at radius 1 is 1.07 bits per heavy atom. The fourth-order valence-electron chi connectivity index (χ4n) is 3.08. The number of carbonyl (C=O) groups excluding carboxylic acids is 1. The molecule has 2 aromatic heterocycles. The molecule has 0 aliphatic carbocycles. The van der Waals surface area contributed by atoms with Gasteiger partial charge in [-0.15, -0.1) is 5.10 Å². The summed E-state index contributed by atoms with van der Waals surface area (Å²) in [5.41, 5.74) is 4.82. The van der Waals surface area contributed by atoms with E-state index in [-0.39, 0.29) is 5.91 Å². The largest absolute Gasteiger partial charge is 0.322 e. The molecule has 0 spiro atoms. The minimum atomic E-state index is -0.217. The Bertz CT molecular complexity index is 1160. The van der Waals surface area contributed by atoms with E-state index < -0.39 is 0 Å². The lowest BCUT2D eigenvalue weighted by molar-refractivity contribution is 0.102. The van der Waals surface area contributed by atoms with Crippen LogP contribution in [0.1, 0.15) is 21.6 Å². The molecule has 0 saturated carbocycles. The van der Waals surface area contributed by atoms with Crippen LogP contribution in [0, 0.1) is 13.8 Å². The van der Waals surface area contributed by atoms with Crippen molar-refractivity contribution in [2.75, 3.05) is 5.32 Å². The number of benzene rings is 2. The number of anilines is 1. The van der Waals surface area contributed by atoms with Crippen LogP contribution in [0.5, 0.6) is 0 Å². The molecule has 0 unspecified atom stereocenters. The van der Waals surface area contributed by atoms with E-state index in [0.717, 1.165) is 22.5 Å². The predicted octanol–water partition coefficient (Wildman–Crippen LogP) is 2.93. The van der Waals surface area contributed by atoms with Gasteiger partial charge in [-0.05, 0) is 48.0 Å². The SMILES string of the molecule is Cc1ccccc1-n1ncc(C(=O)Nc2cccc(-c3nnnn3C)c2)c1C. The molecule has 0 radical (unpaired) electrons. The van der Waals surface area contributed by atoms with Crippen molar-refractivity contribution in [2.45, 2.75) is 13.8 Å². The van der Waals surface area contributed by atoms with Gasteiger partial charge in [0.15, 0.2) is 5.82 Å². The van der Waals surface area contributed by atoms with E-state index in [2.05, 4.69) is 25.9 Å². The molecule has 2 aromatic carbocycles. The van der Waals surface area contributed by atoms with Gasteiger partial charge in [0.2, 0.25) is 0 Å². The first-order chi connectivity index (χ1) is 13.5. The summed E-state index contributed by atoms with van der Waals surface area (Å²) in [6, 6.07) is 15.3. The Labute approximate surface area is 161 Å². The van der Waals surface area contributed by atoms with E-state index in [1.807, 2.05) is 62.4 Å². The molecule has 2 heterocycles. The first kappa shape index (κ1) is 17.6. The number of nitrogens with zero attached hydrogens (tertiary/aromatic N) is 6. The summed E-state index contributed by atoms with van der Waals surface area (Å²) in [4.78, 5) is 12.8. The molecule has 1 amide bonds. The topological polar surface area (TPSA) is 90.5 Å². The van der Waals surface area contributed by atoms with Crippen molar-refractivity contribution in [2.24, 2.45) is 7.05 Å². The lowest BCUT2D eigenvalue weighted by Crippen LogP contribution is -2.13. The Kier molecular flexibility index (Phi) is 4.44. The molecule has 4 rings (SSSR count). The fourth-order valence-corrected chi connectivity index (χ4v) is 3.08. The molecular formula is C20H19N7O. The van der Waals surface area contributed by atoms with Gasteiger partial charge >= 0.3 is 0 Å². The van der Waals surface area contributed by atoms with Crippen LogP contribution in [0.3, 0.4) is 0 Å². The summed E-state index contributed by atoms with van der Waals surface area (Å²) in [6.07, 6.45) is 1.59. The summed E-state index contributed by atoms with van der Waals surface area (Å²) in [6.45, 7) is 3.90. The second kappa shape index (κ2) is 7.07. The fraction of sp³-hybridized carbons (Fsp3) is 0.150. The van der Waals surface area contributed by atoms with Crippen molar-refractivity contribution in [3.8, 4) is 17.1 Å². The van der Waals surface area contributed by atoms with E-state index in [4.69, 9.17) is 0 Å². The molecule has 140 valence electrons. The highest BCUT2D eigenvalue weighted by atomic mass is 16.1. The van der Waals surface area contributed by atoms with Gasteiger partial charge in [0.1, 0.15) is 0 Å². The number of hydrogen-bond acceptors (Lipinski definition) is 5. The zero-order valence-corrected chi connectivity index (χ0v) is 15.8. The Hall–Kier alpha value is -3.81. The van der Waals surface area contributed by atoms with Crippen LogP contribution in [-0.4, -0.2) is 35.9 Å². The van der Waals surface area contributed by atoms with Crippen LogP contribution >= 0.6 is 0 Å². The van der Waals surface area contributed by atoms with Crippen molar-refractivity contribution >= 4 is 11.6 Å². The maximum absolute atomic E-state index is 12.8. The van der Waals surface area contributed by atoms with E-state index in [1.54, 1.807) is 22.6 Å². The van der Waals surface area contributed by atoms with Gasteiger partial charge in [0.05, 0.1) is 23.1 Å². The lowest BCUT2D eigenvalue weighted by atomic mass is 10.1. The molecular weight excluding hydrogens is 354 g/mol. The van der Waals surface area contributed by atoms with Crippen LogP contribution < -0.4 is 5.32 Å². The highest BCUT2D eigenvalue weighted by molar-refractivity contribution is 6.05. The smallest absolute Gasteiger partial charge is 0.259 e. The standard InChI is InChI=1S/C20H19N7O/c1-13-7-4-5-10-18(13)27-14(2)17(12-21-27)20(28)22-16-9-6-8-15(11-16)19-23-24-25-26(19)3/h4-12H,1-3H3,(H,22,28). The minimum Gasteiger partial charge on any atom is -0.322 e. The lowest BCUT2D eigenvalue weighted by Gasteiger charge is -2.09. The maximum Gasteiger partial charge on any atom is 0.259 e. The molecule has 0 bridgehead atoms. The summed E-state index contributed by atoms with van der Waals surface area (Å²) in [5, 5.41) is 18.8. The van der Waals surface area contributed by atoms with Gasteiger partial charge in [-0.1, -0.05) is 30.3 Å². The monoisotopic (exact) mass is 373 g/mol. The second-order valence-corrected chi connectivity index (χ2v) is 6.50. The van der Waals surface area contributed by atoms with E-state index in [0.29, 0.717) is 17.1 Å². The molecule has 4 aromatic rings. The Morgan fingerprint density at radius 3 is 2.64 bits per heavy atom. The van der Waals surface area contributed by atoms with Gasteiger partial charge in [0, 0.05) is 18.3 Å². The molecule has 0 aliphatic rings. The minimum absolute atomic E-state index is 0.217. The number of tetrazole rings is 1. The third-order valence-corrected chi connectivity index (χ3v) is 4.60. The molecule has 0 saturated heterocycles. The number of aryl methyl sites for hydroxylation is 2. The summed E-state index contributed by atoms with van der Waals surface area (Å²) >= 11 is 0. The molecule has 8 nitrogen and oxygen atoms in total. The predicted molar refractivity (Wildman–Crippen MR) is 105 cm³/mol. The first-order valence-electron chi connectivity index (χ1n) is 8.79. The highest BCUT2D eigenvalue weighted by Crippen LogP contribution is 2.22. The molecule has 0 aliphatic heterocycles. The van der Waals surface area contributed by atoms with E-state index in [9.17, 15) is 4.79 Å². The Balaban J connectivity index is 1.60. The number of para-hydroxylation sites is 1. The van der Waals surface area contributed by atoms with Crippen LogP contribution in [-0.2, 0) is 7.05 Å². The molecule has 0 atom stereocenters. The van der Waals surface area contributed by atoms with Crippen LogP contribution in [0.2, 0.25) is 0 Å². The number of hydrogen-bond donors (Lipinski definition) is 1. The third-order valence-electron chi connectivity index (χ3n) is 4.60. The van der Waals surface area contributed by atoms with Crippen molar-refractivity contribution in [3.63, 3.8) is 0 Å². The van der Waals surface area contributed by atoms with Crippen LogP contribution in [0.25, 0.3) is 17.1 Å². The molecule has 1 N–H and O–H groups in total. The normalized spacial score (nSPS) is 10.8. The quantitative estimate of drug-likeness (QED) is 0.594. The van der Waals surface area contributed by atoms with Gasteiger partial charge in [0.25, 0.3) is 5.91 Å². The highest BCUT2D eigenvalue weighted by Gasteiger charge is 2.16. The van der Waals surface area contributed by atoms with Gasteiger partial charge in [-0.25, -0.2) is 9.36 Å². The van der Waals surface area contributed by atoms with Crippen molar-refractivity contribution in [1.82, 2.24) is 30.0 Å². The number of nitrogens with one attached hydrogen (secondary N) is 1. The molecule has 0 fully saturated rings. The molecule has 28 heavy (non-hydrogen) atoms. The summed E-state index contributed by atoms with van der Waals surface area (Å²) < 4.78 is 3.36. The van der Waals surface area contributed by atoms with Gasteiger partial charge < -0.3 is 5.32 Å². The molecule has 8 heteroatoms. The number of carbonyl (C=O) groups is 1. The maximum atomic E-state index is 12.8. The second-order valence-electron chi connectivity index (χ2n) is 6.50. The average molecular weight is 373 g/mol. The Morgan fingerprint density at radius 2 is 1.89 bits per heavy atom. The van der Waals surface area contributed by atoms with Crippen molar-refractivity contribution in [1.29, 1.82) is 0 Å². The van der Waals surface area contributed by atoms with Crippen LogP contribution in [0.15, 0.2) is 54.7 Å². The number of aromatic nitrogens is 6. The summed E-state index contributed by atoms with van der Waals surface area (Å²) in [7, 11) is 1.77. The van der Waals surface area contributed by atoms with Crippen molar-refractivity contribution < 1.29 is 4.79 Å². The van der Waals surface area contributed by atoms with Gasteiger partial charge in [-0.2, -0.15) is 5.10 Å². The first-order valence-corrected chi connectivity index (χ1v) is 8.79. The number of rotatable bonds is 4. The third kappa shape index (κ3) is 3.16.